The second kappa shape index (κ2) is 8.70. The fraction of sp³-hybridized carbons (Fsp3) is 0.286. The number of hydrogen-bond acceptors (Lipinski definition) is 7. The number of nitrogens with zero attached hydrogens (tertiary/aromatic N) is 5. The maximum absolute atomic E-state index is 14.7. The van der Waals surface area contributed by atoms with E-state index in [9.17, 15) is 13.6 Å². The van der Waals surface area contributed by atoms with E-state index >= 15 is 0 Å². The predicted molar refractivity (Wildman–Crippen MR) is 113 cm³/mol. The number of rotatable bonds is 5. The number of piperidine rings is 1. The number of amides is 1. The number of H-pyrrole nitrogens is 1. The van der Waals surface area contributed by atoms with Crippen molar-refractivity contribution >= 4 is 17.7 Å². The molecule has 0 radical (unpaired) electrons. The molecule has 170 valence electrons. The lowest BCUT2D eigenvalue weighted by atomic mass is 9.85. The summed E-state index contributed by atoms with van der Waals surface area (Å²) in [5.74, 6) is -3.12. The van der Waals surface area contributed by atoms with Gasteiger partial charge in [0.25, 0.3) is 5.92 Å². The molecular weight excluding hydrogens is 436 g/mol. The maximum atomic E-state index is 14.7. The maximum Gasteiger partial charge on any atom is 0.407 e. The molecule has 3 heterocycles. The van der Waals surface area contributed by atoms with Crippen molar-refractivity contribution in [3.05, 3.63) is 47.9 Å². The highest BCUT2D eigenvalue weighted by Gasteiger charge is 2.46. The summed E-state index contributed by atoms with van der Waals surface area (Å²) in [4.78, 5) is 19.8. The molecule has 0 spiro atoms. The van der Waals surface area contributed by atoms with Crippen LogP contribution in [0.5, 0.6) is 5.75 Å². The number of ether oxygens (including phenoxy) is 1. The van der Waals surface area contributed by atoms with Crippen LogP contribution in [0.25, 0.3) is 11.3 Å². The van der Waals surface area contributed by atoms with Crippen molar-refractivity contribution in [3.8, 4) is 23.1 Å². The molecule has 1 aliphatic rings. The highest BCUT2D eigenvalue weighted by Crippen LogP contribution is 2.42. The minimum Gasteiger partial charge on any atom is -0.496 e. The number of likely N-dealkylation sites (tertiary alicyclic amines) is 1. The summed E-state index contributed by atoms with van der Waals surface area (Å²) in [6, 6.07) is 8.37. The Balaban J connectivity index is 1.55. The number of anilines is 2. The number of carboxylic acid groups (broad SMARTS) is 1. The fourth-order valence-electron chi connectivity index (χ4n) is 3.77. The van der Waals surface area contributed by atoms with Gasteiger partial charge < -0.3 is 20.1 Å². The zero-order valence-corrected chi connectivity index (χ0v) is 17.4. The van der Waals surface area contributed by atoms with E-state index in [0.29, 0.717) is 34.2 Å². The largest absolute Gasteiger partial charge is 0.496 e. The molecule has 3 N–H and O–H groups in total. The van der Waals surface area contributed by atoms with Crippen molar-refractivity contribution < 1.29 is 23.4 Å². The lowest BCUT2D eigenvalue weighted by Crippen LogP contribution is -2.49. The van der Waals surface area contributed by atoms with Crippen LogP contribution in [0.2, 0.25) is 0 Å². The molecular formula is C21H19F2N7O3. The third kappa shape index (κ3) is 4.52. The van der Waals surface area contributed by atoms with Crippen molar-refractivity contribution in [2.75, 3.05) is 25.5 Å². The van der Waals surface area contributed by atoms with Gasteiger partial charge in [-0.05, 0) is 24.1 Å². The van der Waals surface area contributed by atoms with Crippen LogP contribution < -0.4 is 10.1 Å². The zero-order valence-electron chi connectivity index (χ0n) is 17.4. The molecule has 0 bridgehead atoms. The van der Waals surface area contributed by atoms with Gasteiger partial charge in [0, 0.05) is 18.2 Å². The van der Waals surface area contributed by atoms with Crippen molar-refractivity contribution in [3.63, 3.8) is 0 Å². The molecule has 4 rings (SSSR count). The minimum atomic E-state index is -3.20. The van der Waals surface area contributed by atoms with Gasteiger partial charge >= 0.3 is 6.09 Å². The quantitative estimate of drug-likeness (QED) is 0.530. The van der Waals surface area contributed by atoms with E-state index < -0.39 is 24.5 Å². The number of methoxy groups -OCH3 is 1. The van der Waals surface area contributed by atoms with Crippen LogP contribution in [0.4, 0.5) is 25.2 Å². The Morgan fingerprint density at radius 1 is 1.33 bits per heavy atom. The molecule has 1 atom stereocenters. The van der Waals surface area contributed by atoms with E-state index in [1.165, 1.54) is 19.5 Å². The van der Waals surface area contributed by atoms with E-state index in [1.807, 2.05) is 6.07 Å². The Bertz CT molecular complexity index is 1210. The molecule has 10 nitrogen and oxygen atoms in total. The van der Waals surface area contributed by atoms with Crippen molar-refractivity contribution in [2.24, 2.45) is 0 Å². The molecule has 33 heavy (non-hydrogen) atoms. The van der Waals surface area contributed by atoms with Gasteiger partial charge in [0.05, 0.1) is 37.7 Å². The van der Waals surface area contributed by atoms with Gasteiger partial charge in [-0.15, -0.1) is 0 Å². The van der Waals surface area contributed by atoms with E-state index in [0.717, 1.165) is 4.90 Å². The van der Waals surface area contributed by atoms with E-state index in [4.69, 9.17) is 15.1 Å². The predicted octanol–water partition coefficient (Wildman–Crippen LogP) is 3.59. The van der Waals surface area contributed by atoms with Gasteiger partial charge in [0.15, 0.2) is 11.5 Å². The molecule has 1 amide bonds. The molecule has 2 aromatic heterocycles. The molecule has 1 aliphatic heterocycles. The normalized spacial score (nSPS) is 17.3. The van der Waals surface area contributed by atoms with Crippen LogP contribution in [0, 0.1) is 11.3 Å². The third-order valence-corrected chi connectivity index (χ3v) is 5.39. The number of aromatic amines is 1. The summed E-state index contributed by atoms with van der Waals surface area (Å²) in [7, 11) is 1.44. The zero-order chi connectivity index (χ0) is 23.6. The summed E-state index contributed by atoms with van der Waals surface area (Å²) in [5, 5.41) is 27.8. The SMILES string of the molecule is COc1cc(C2CCN(C(=O)O)CC2(F)F)ccc1-c1cc(Nc2cnc(C#N)cn2)n[nH]1. The molecule has 0 aliphatic carbocycles. The summed E-state index contributed by atoms with van der Waals surface area (Å²) in [6.07, 6.45) is 1.38. The van der Waals surface area contributed by atoms with Crippen LogP contribution in [-0.4, -0.2) is 62.4 Å². The summed E-state index contributed by atoms with van der Waals surface area (Å²) in [5.41, 5.74) is 1.75. The van der Waals surface area contributed by atoms with E-state index in [1.54, 1.807) is 24.3 Å². The number of aromatic nitrogens is 4. The first-order valence-corrected chi connectivity index (χ1v) is 9.89. The second-order valence-corrected chi connectivity index (χ2v) is 7.46. The Kier molecular flexibility index (Phi) is 5.78. The summed E-state index contributed by atoms with van der Waals surface area (Å²) < 4.78 is 34.8. The standard InChI is InChI=1S/C21H19F2N7O3/c1-33-17-6-12(15-4-5-30(20(31)32)11-21(15,22)23)2-3-14(17)16-7-18(29-28-16)27-19-10-25-13(8-24)9-26-19/h2-3,6-7,9-10,15H,4-5,11H2,1H3,(H,31,32)(H2,26,27,28,29). The minimum absolute atomic E-state index is 0.00551. The van der Waals surface area contributed by atoms with Crippen molar-refractivity contribution in [2.45, 2.75) is 18.3 Å². The first-order chi connectivity index (χ1) is 15.8. The molecule has 1 aromatic carbocycles. The Hall–Kier alpha value is -4.27. The van der Waals surface area contributed by atoms with Gasteiger partial charge in [-0.25, -0.2) is 23.5 Å². The average Bonchev–Trinajstić information content (AvgIpc) is 3.26. The van der Waals surface area contributed by atoms with E-state index in [2.05, 4.69) is 25.5 Å². The first-order valence-electron chi connectivity index (χ1n) is 9.89. The second-order valence-electron chi connectivity index (χ2n) is 7.46. The van der Waals surface area contributed by atoms with Crippen LogP contribution in [0.15, 0.2) is 36.7 Å². The van der Waals surface area contributed by atoms with Gasteiger partial charge in [0.2, 0.25) is 0 Å². The van der Waals surface area contributed by atoms with E-state index in [-0.39, 0.29) is 18.7 Å². The van der Waals surface area contributed by atoms with Crippen molar-refractivity contribution in [1.82, 2.24) is 25.1 Å². The number of carbonyl (C=O) groups is 1. The van der Waals surface area contributed by atoms with Gasteiger partial charge in [0.1, 0.15) is 17.6 Å². The molecule has 1 unspecified atom stereocenters. The molecule has 3 aromatic rings. The Morgan fingerprint density at radius 3 is 2.79 bits per heavy atom. The fourth-order valence-corrected chi connectivity index (χ4v) is 3.77. The molecule has 0 saturated carbocycles. The van der Waals surface area contributed by atoms with Gasteiger partial charge in [-0.1, -0.05) is 6.07 Å². The summed E-state index contributed by atoms with van der Waals surface area (Å²) >= 11 is 0. The monoisotopic (exact) mass is 455 g/mol. The number of benzene rings is 1. The molecule has 12 heteroatoms. The lowest BCUT2D eigenvalue weighted by molar-refractivity contribution is -0.0761. The van der Waals surface area contributed by atoms with Gasteiger partial charge in [-0.2, -0.15) is 10.4 Å². The van der Waals surface area contributed by atoms with Crippen LogP contribution in [-0.2, 0) is 0 Å². The summed E-state index contributed by atoms with van der Waals surface area (Å²) in [6.45, 7) is -0.807. The lowest BCUT2D eigenvalue weighted by Gasteiger charge is -2.37. The smallest absolute Gasteiger partial charge is 0.407 e. The van der Waals surface area contributed by atoms with Crippen LogP contribution >= 0.6 is 0 Å². The number of halogens is 2. The third-order valence-electron chi connectivity index (χ3n) is 5.39. The topological polar surface area (TPSA) is 140 Å². The van der Waals surface area contributed by atoms with Crippen LogP contribution in [0.1, 0.15) is 23.6 Å². The number of nitriles is 1. The number of alkyl halides is 2. The number of nitrogens with one attached hydrogen (secondary N) is 2. The highest BCUT2D eigenvalue weighted by molar-refractivity contribution is 5.71. The molecule has 1 fully saturated rings. The highest BCUT2D eigenvalue weighted by atomic mass is 19.3. The average molecular weight is 455 g/mol. The Morgan fingerprint density at radius 2 is 2.15 bits per heavy atom. The first kappa shape index (κ1) is 21.9. The van der Waals surface area contributed by atoms with Crippen molar-refractivity contribution in [1.29, 1.82) is 5.26 Å². The van der Waals surface area contributed by atoms with Gasteiger partial charge in [-0.3, -0.25) is 5.10 Å². The Labute approximate surface area is 186 Å². The molecule has 1 saturated heterocycles. The number of hydrogen-bond donors (Lipinski definition) is 3. The van der Waals surface area contributed by atoms with Crippen LogP contribution in [0.3, 0.4) is 0 Å².